The number of nitrogens with one attached hydrogen (secondary N) is 1. The smallest absolute Gasteiger partial charge is 0.270 e. The van der Waals surface area contributed by atoms with Crippen molar-refractivity contribution in [2.75, 3.05) is 26.3 Å². The SMILES string of the molecule is O=C(NCc1cccnc1)c1cc(C(=O)N2CCC3(CC2)OCCO3)ccn1. The van der Waals surface area contributed by atoms with Crippen LogP contribution < -0.4 is 5.32 Å². The molecule has 0 aliphatic carbocycles. The number of nitrogens with zero attached hydrogens (tertiary/aromatic N) is 3. The second-order valence-electron chi connectivity index (χ2n) is 6.87. The highest BCUT2D eigenvalue weighted by atomic mass is 16.7. The van der Waals surface area contributed by atoms with Gasteiger partial charge >= 0.3 is 0 Å². The van der Waals surface area contributed by atoms with Crippen LogP contribution in [0.15, 0.2) is 42.9 Å². The third-order valence-electron chi connectivity index (χ3n) is 5.04. The van der Waals surface area contributed by atoms with E-state index in [1.54, 1.807) is 23.4 Å². The van der Waals surface area contributed by atoms with Gasteiger partial charge in [-0.3, -0.25) is 19.6 Å². The molecular weight excluding hydrogens is 360 g/mol. The molecule has 28 heavy (non-hydrogen) atoms. The van der Waals surface area contributed by atoms with Crippen LogP contribution in [-0.4, -0.2) is 58.8 Å². The summed E-state index contributed by atoms with van der Waals surface area (Å²) in [4.78, 5) is 35.1. The summed E-state index contributed by atoms with van der Waals surface area (Å²) in [6.07, 6.45) is 6.16. The van der Waals surface area contributed by atoms with Crippen LogP contribution >= 0.6 is 0 Å². The van der Waals surface area contributed by atoms with Gasteiger partial charge in [-0.1, -0.05) is 6.07 Å². The van der Waals surface area contributed by atoms with E-state index >= 15 is 0 Å². The molecule has 0 atom stereocenters. The number of pyridine rings is 2. The molecule has 8 heteroatoms. The second kappa shape index (κ2) is 8.04. The first kappa shape index (κ1) is 18.5. The van der Waals surface area contributed by atoms with E-state index in [4.69, 9.17) is 9.47 Å². The highest BCUT2D eigenvalue weighted by molar-refractivity contribution is 5.98. The summed E-state index contributed by atoms with van der Waals surface area (Å²) in [5.74, 6) is -0.966. The van der Waals surface area contributed by atoms with Crippen LogP contribution in [0.4, 0.5) is 0 Å². The zero-order valence-corrected chi connectivity index (χ0v) is 15.5. The predicted octanol–water partition coefficient (Wildman–Crippen LogP) is 1.39. The topological polar surface area (TPSA) is 93.7 Å². The van der Waals surface area contributed by atoms with Gasteiger partial charge in [0.15, 0.2) is 5.79 Å². The Morgan fingerprint density at radius 3 is 2.64 bits per heavy atom. The summed E-state index contributed by atoms with van der Waals surface area (Å²) in [6, 6.07) is 6.85. The Bertz CT molecular complexity index is 842. The summed E-state index contributed by atoms with van der Waals surface area (Å²) in [5, 5.41) is 2.79. The molecule has 1 spiro atoms. The highest BCUT2D eigenvalue weighted by Gasteiger charge is 2.40. The average molecular weight is 382 g/mol. The van der Waals surface area contributed by atoms with Gasteiger partial charge in [-0.05, 0) is 23.8 Å². The summed E-state index contributed by atoms with van der Waals surface area (Å²) >= 11 is 0. The fourth-order valence-corrected chi connectivity index (χ4v) is 3.48. The maximum atomic E-state index is 12.8. The van der Waals surface area contributed by atoms with E-state index in [9.17, 15) is 9.59 Å². The molecular formula is C20H22N4O4. The number of ether oxygens (including phenoxy) is 2. The van der Waals surface area contributed by atoms with Crippen LogP contribution in [0.5, 0.6) is 0 Å². The van der Waals surface area contributed by atoms with E-state index in [0.717, 1.165) is 5.56 Å². The number of aromatic nitrogens is 2. The molecule has 4 heterocycles. The summed E-state index contributed by atoms with van der Waals surface area (Å²) in [6.45, 7) is 2.68. The van der Waals surface area contributed by atoms with Crippen molar-refractivity contribution in [2.24, 2.45) is 0 Å². The van der Waals surface area contributed by atoms with E-state index < -0.39 is 5.79 Å². The molecule has 0 unspecified atom stereocenters. The number of hydrogen-bond donors (Lipinski definition) is 1. The lowest BCUT2D eigenvalue weighted by atomic mass is 10.0. The minimum absolute atomic E-state index is 0.114. The summed E-state index contributed by atoms with van der Waals surface area (Å²) in [5.41, 5.74) is 1.55. The van der Waals surface area contributed by atoms with Gasteiger partial charge < -0.3 is 19.7 Å². The largest absolute Gasteiger partial charge is 0.347 e. The second-order valence-corrected chi connectivity index (χ2v) is 6.87. The highest BCUT2D eigenvalue weighted by Crippen LogP contribution is 2.31. The fourth-order valence-electron chi connectivity index (χ4n) is 3.48. The number of piperidine rings is 1. The van der Waals surface area contributed by atoms with Crippen LogP contribution in [-0.2, 0) is 16.0 Å². The van der Waals surface area contributed by atoms with Crippen LogP contribution in [0.3, 0.4) is 0 Å². The third kappa shape index (κ3) is 4.02. The van der Waals surface area contributed by atoms with Gasteiger partial charge in [-0.2, -0.15) is 0 Å². The third-order valence-corrected chi connectivity index (χ3v) is 5.04. The number of carbonyl (C=O) groups is 2. The van der Waals surface area contributed by atoms with E-state index in [0.29, 0.717) is 51.3 Å². The zero-order chi connectivity index (χ0) is 19.4. The Hall–Kier alpha value is -2.84. The van der Waals surface area contributed by atoms with Gasteiger partial charge in [0, 0.05) is 56.6 Å². The van der Waals surface area contributed by atoms with Crippen molar-refractivity contribution in [3.05, 3.63) is 59.7 Å². The average Bonchev–Trinajstić information content (AvgIpc) is 3.21. The van der Waals surface area contributed by atoms with E-state index in [-0.39, 0.29) is 17.5 Å². The Morgan fingerprint density at radius 2 is 1.93 bits per heavy atom. The van der Waals surface area contributed by atoms with Gasteiger partial charge in [0.25, 0.3) is 11.8 Å². The number of carbonyl (C=O) groups excluding carboxylic acids is 2. The van der Waals surface area contributed by atoms with E-state index in [1.807, 2.05) is 12.1 Å². The monoisotopic (exact) mass is 382 g/mol. The molecule has 0 bridgehead atoms. The van der Waals surface area contributed by atoms with Crippen molar-refractivity contribution in [3.8, 4) is 0 Å². The maximum Gasteiger partial charge on any atom is 0.270 e. The quantitative estimate of drug-likeness (QED) is 0.859. The van der Waals surface area contributed by atoms with Crippen molar-refractivity contribution in [2.45, 2.75) is 25.2 Å². The molecule has 2 aliphatic rings. The van der Waals surface area contributed by atoms with Gasteiger partial charge in [0.05, 0.1) is 13.2 Å². The van der Waals surface area contributed by atoms with Crippen molar-refractivity contribution in [1.29, 1.82) is 0 Å². The molecule has 8 nitrogen and oxygen atoms in total. The Balaban J connectivity index is 1.37. The zero-order valence-electron chi connectivity index (χ0n) is 15.5. The molecule has 2 amide bonds. The molecule has 0 aromatic carbocycles. The minimum atomic E-state index is -0.521. The van der Waals surface area contributed by atoms with Crippen molar-refractivity contribution in [3.63, 3.8) is 0 Å². The molecule has 2 saturated heterocycles. The number of hydrogen-bond acceptors (Lipinski definition) is 6. The summed E-state index contributed by atoms with van der Waals surface area (Å²) < 4.78 is 11.4. The normalized spacial score (nSPS) is 18.2. The van der Waals surface area contributed by atoms with Gasteiger partial charge in [0.1, 0.15) is 5.69 Å². The van der Waals surface area contributed by atoms with Crippen LogP contribution in [0.25, 0.3) is 0 Å². The Kier molecular flexibility index (Phi) is 5.31. The van der Waals surface area contributed by atoms with Gasteiger partial charge in [0.2, 0.25) is 0 Å². The first-order valence-corrected chi connectivity index (χ1v) is 9.36. The Labute approximate surface area is 162 Å². The number of likely N-dealkylation sites (tertiary alicyclic amines) is 1. The maximum absolute atomic E-state index is 12.8. The predicted molar refractivity (Wildman–Crippen MR) is 99.4 cm³/mol. The molecule has 1 N–H and O–H groups in total. The lowest BCUT2D eigenvalue weighted by molar-refractivity contribution is -0.181. The first-order chi connectivity index (χ1) is 13.7. The fraction of sp³-hybridized carbons (Fsp3) is 0.400. The lowest BCUT2D eigenvalue weighted by Gasteiger charge is -2.37. The van der Waals surface area contributed by atoms with Crippen LogP contribution in [0, 0.1) is 0 Å². The van der Waals surface area contributed by atoms with Crippen LogP contribution in [0.2, 0.25) is 0 Å². The summed E-state index contributed by atoms with van der Waals surface area (Å²) in [7, 11) is 0. The lowest BCUT2D eigenvalue weighted by Crippen LogP contribution is -2.47. The van der Waals surface area contributed by atoms with Crippen molar-refractivity contribution in [1.82, 2.24) is 20.2 Å². The standard InChI is InChI=1S/C20H22N4O4/c25-18(23-14-15-2-1-6-21-13-15)17-12-16(3-7-22-17)19(26)24-8-4-20(5-9-24)27-10-11-28-20/h1-3,6-7,12-13H,4-5,8-11,14H2,(H,23,25). The first-order valence-electron chi connectivity index (χ1n) is 9.36. The van der Waals surface area contributed by atoms with Crippen LogP contribution in [0.1, 0.15) is 39.3 Å². The molecule has 4 rings (SSSR count). The molecule has 2 aromatic heterocycles. The van der Waals surface area contributed by atoms with Crippen molar-refractivity contribution >= 4 is 11.8 Å². The minimum Gasteiger partial charge on any atom is -0.347 e. The molecule has 2 aliphatic heterocycles. The van der Waals surface area contributed by atoms with E-state index in [2.05, 4.69) is 15.3 Å². The molecule has 0 radical (unpaired) electrons. The Morgan fingerprint density at radius 1 is 1.14 bits per heavy atom. The van der Waals surface area contributed by atoms with Gasteiger partial charge in [-0.15, -0.1) is 0 Å². The van der Waals surface area contributed by atoms with E-state index in [1.165, 1.54) is 12.3 Å². The molecule has 2 fully saturated rings. The number of rotatable bonds is 4. The van der Waals surface area contributed by atoms with Crippen molar-refractivity contribution < 1.29 is 19.1 Å². The van der Waals surface area contributed by atoms with Gasteiger partial charge in [-0.25, -0.2) is 0 Å². The number of amides is 2. The molecule has 0 saturated carbocycles. The molecule has 2 aromatic rings. The molecule has 146 valence electrons.